The van der Waals surface area contributed by atoms with Crippen LogP contribution in [0.1, 0.15) is 34.3 Å². The van der Waals surface area contributed by atoms with Gasteiger partial charge in [-0.3, -0.25) is 14.2 Å². The van der Waals surface area contributed by atoms with Crippen molar-refractivity contribution in [3.8, 4) is 11.5 Å². The van der Waals surface area contributed by atoms with Crippen molar-refractivity contribution in [2.24, 2.45) is 7.05 Å². The van der Waals surface area contributed by atoms with Gasteiger partial charge < -0.3 is 25.0 Å². The second-order valence-electron chi connectivity index (χ2n) is 10.0. The van der Waals surface area contributed by atoms with Crippen LogP contribution in [0.3, 0.4) is 0 Å². The maximum Gasteiger partial charge on any atom is 0.259 e. The third-order valence-corrected chi connectivity index (χ3v) is 7.41. The summed E-state index contributed by atoms with van der Waals surface area (Å²) in [5, 5.41) is 6.21. The van der Waals surface area contributed by atoms with Crippen LogP contribution < -0.4 is 30.4 Å². The summed E-state index contributed by atoms with van der Waals surface area (Å²) in [6.07, 6.45) is 1.73. The van der Waals surface area contributed by atoms with Crippen molar-refractivity contribution in [1.82, 2.24) is 19.5 Å². The maximum absolute atomic E-state index is 14.8. The number of aryl methyl sites for hydroxylation is 1. The molecule has 1 amide bonds. The zero-order chi connectivity index (χ0) is 29.0. The molecule has 4 N–H and O–H groups in total. The Balaban J connectivity index is 1.72. The van der Waals surface area contributed by atoms with Gasteiger partial charge in [-0.1, -0.05) is 23.7 Å². The molecule has 1 heterocycles. The molecule has 0 saturated heterocycles. The molecule has 1 fully saturated rings. The summed E-state index contributed by atoms with van der Waals surface area (Å²) in [5.74, 6) is -0.533. The molecule has 2 aromatic carbocycles. The van der Waals surface area contributed by atoms with Crippen molar-refractivity contribution in [1.29, 1.82) is 0 Å². The molecule has 4 rings (SSSR count). The van der Waals surface area contributed by atoms with Gasteiger partial charge in [-0.25, -0.2) is 9.11 Å². The van der Waals surface area contributed by atoms with Crippen LogP contribution in [-0.2, 0) is 7.05 Å². The third-order valence-electron chi connectivity index (χ3n) is 6.35. The average Bonchev–Trinajstić information content (AvgIpc) is 3.72. The van der Waals surface area contributed by atoms with Gasteiger partial charge in [-0.15, -0.1) is 0 Å². The smallest absolute Gasteiger partial charge is 0.259 e. The molecule has 0 spiro atoms. The summed E-state index contributed by atoms with van der Waals surface area (Å²) < 4.78 is 28.7. The van der Waals surface area contributed by atoms with E-state index in [0.29, 0.717) is 5.69 Å². The van der Waals surface area contributed by atoms with Crippen molar-refractivity contribution in [3.63, 3.8) is 0 Å². The van der Waals surface area contributed by atoms with Crippen LogP contribution >= 0.6 is 23.7 Å². The predicted molar refractivity (Wildman–Crippen MR) is 161 cm³/mol. The van der Waals surface area contributed by atoms with Crippen molar-refractivity contribution in [2.75, 3.05) is 37.2 Å². The number of benzene rings is 2. The van der Waals surface area contributed by atoms with Gasteiger partial charge in [0, 0.05) is 38.3 Å². The average molecular weight is 589 g/mol. The Morgan fingerprint density at radius 2 is 1.95 bits per heavy atom. The van der Waals surface area contributed by atoms with Gasteiger partial charge in [-0.2, -0.15) is 0 Å². The molecule has 0 radical (unpaired) electrons. The Hall–Kier alpha value is -3.25. The summed E-state index contributed by atoms with van der Waals surface area (Å²) in [7, 11) is 5.51. The lowest BCUT2D eigenvalue weighted by Crippen LogP contribution is -2.31. The molecule has 9 nitrogen and oxygen atoms in total. The van der Waals surface area contributed by atoms with Crippen LogP contribution in [0.2, 0.25) is 5.02 Å². The standard InChI is InChI=1S/C28H34ClFN6O3S/c1-16-9-12-20(19(30)15-16)33-26-23(27(37)32-18-10-11-18)25(17(2)28(38)36(26)5)39-22-8-6-7-21(24(22)29)34-40-31-13-14-35(3)4/h6-9,12,15,18,31,33-34H,10-11,13-14H2,1-5H3,(H,32,37). The molecule has 12 heteroatoms. The molecule has 3 aromatic rings. The first-order valence-corrected chi connectivity index (χ1v) is 14.1. The maximum atomic E-state index is 14.8. The molecular formula is C28H34ClFN6O3S. The number of hydrogen-bond acceptors (Lipinski definition) is 8. The van der Waals surface area contributed by atoms with Gasteiger partial charge in [0.15, 0.2) is 5.75 Å². The van der Waals surface area contributed by atoms with Crippen LogP contribution in [0, 0.1) is 19.7 Å². The Morgan fingerprint density at radius 1 is 1.20 bits per heavy atom. The van der Waals surface area contributed by atoms with Crippen LogP contribution in [0.4, 0.5) is 21.6 Å². The lowest BCUT2D eigenvalue weighted by molar-refractivity contribution is 0.0948. The minimum atomic E-state index is -0.512. The topological polar surface area (TPSA) is 99.7 Å². The van der Waals surface area contributed by atoms with E-state index in [-0.39, 0.29) is 45.2 Å². The Bertz CT molecular complexity index is 1460. The lowest BCUT2D eigenvalue weighted by atomic mass is 10.1. The second kappa shape index (κ2) is 12.9. The highest BCUT2D eigenvalue weighted by molar-refractivity contribution is 7.98. The van der Waals surface area contributed by atoms with Crippen molar-refractivity contribution < 1.29 is 13.9 Å². The van der Waals surface area contributed by atoms with Crippen molar-refractivity contribution in [2.45, 2.75) is 32.7 Å². The fourth-order valence-electron chi connectivity index (χ4n) is 3.92. The monoisotopic (exact) mass is 588 g/mol. The number of ether oxygens (including phenoxy) is 1. The quantitative estimate of drug-likeness (QED) is 0.166. The van der Waals surface area contributed by atoms with E-state index in [2.05, 4.69) is 25.0 Å². The van der Waals surface area contributed by atoms with E-state index < -0.39 is 17.3 Å². The largest absolute Gasteiger partial charge is 0.454 e. The SMILES string of the molecule is Cc1ccc(Nc2c(C(=O)NC3CC3)c(Oc3cccc(NSNCCN(C)C)c3Cl)c(C)c(=O)n2C)c(F)c1. The summed E-state index contributed by atoms with van der Waals surface area (Å²) in [6, 6.07) is 9.92. The van der Waals surface area contributed by atoms with Gasteiger partial charge >= 0.3 is 0 Å². The Kier molecular flexibility index (Phi) is 9.62. The molecule has 0 bridgehead atoms. The number of nitrogens with zero attached hydrogens (tertiary/aromatic N) is 2. The van der Waals surface area contributed by atoms with E-state index in [9.17, 15) is 14.0 Å². The van der Waals surface area contributed by atoms with Crippen LogP contribution in [0.5, 0.6) is 11.5 Å². The number of pyridine rings is 1. The third kappa shape index (κ3) is 7.08. The molecular weight excluding hydrogens is 555 g/mol. The van der Waals surface area contributed by atoms with Crippen LogP contribution in [0.15, 0.2) is 41.2 Å². The normalized spacial score (nSPS) is 12.9. The molecule has 40 heavy (non-hydrogen) atoms. The van der Waals surface area contributed by atoms with E-state index in [0.717, 1.165) is 31.5 Å². The molecule has 1 aliphatic carbocycles. The minimum absolute atomic E-state index is 0.0370. The van der Waals surface area contributed by atoms with Gasteiger partial charge in [0.25, 0.3) is 11.5 Å². The summed E-state index contributed by atoms with van der Waals surface area (Å²) in [6.45, 7) is 4.98. The summed E-state index contributed by atoms with van der Waals surface area (Å²) >= 11 is 7.97. The highest BCUT2D eigenvalue weighted by atomic mass is 35.5. The molecule has 214 valence electrons. The van der Waals surface area contributed by atoms with Gasteiger partial charge in [-0.05, 0) is 70.6 Å². The van der Waals surface area contributed by atoms with Crippen LogP contribution in [-0.4, -0.2) is 48.6 Å². The number of carbonyl (C=O) groups excluding carboxylic acids is 1. The second-order valence-corrected chi connectivity index (χ2v) is 11.1. The summed E-state index contributed by atoms with van der Waals surface area (Å²) in [5.41, 5.74) is 1.35. The first-order valence-electron chi connectivity index (χ1n) is 12.9. The highest BCUT2D eigenvalue weighted by Gasteiger charge is 2.31. The number of hydrogen-bond donors (Lipinski definition) is 4. The molecule has 0 aliphatic heterocycles. The molecule has 0 unspecified atom stereocenters. The minimum Gasteiger partial charge on any atom is -0.454 e. The van der Waals surface area contributed by atoms with E-state index in [1.54, 1.807) is 44.2 Å². The Morgan fingerprint density at radius 3 is 2.62 bits per heavy atom. The van der Waals surface area contributed by atoms with E-state index in [4.69, 9.17) is 16.3 Å². The highest BCUT2D eigenvalue weighted by Crippen LogP contribution is 2.40. The van der Waals surface area contributed by atoms with Gasteiger partial charge in [0.2, 0.25) is 0 Å². The molecule has 1 aromatic heterocycles. The number of halogens is 2. The zero-order valence-electron chi connectivity index (χ0n) is 23.2. The number of aromatic nitrogens is 1. The lowest BCUT2D eigenvalue weighted by Gasteiger charge is -2.22. The zero-order valence-corrected chi connectivity index (χ0v) is 24.7. The van der Waals surface area contributed by atoms with E-state index >= 15 is 0 Å². The number of carbonyl (C=O) groups is 1. The van der Waals surface area contributed by atoms with E-state index in [1.165, 1.54) is 29.8 Å². The first-order chi connectivity index (χ1) is 19.1. The molecule has 1 saturated carbocycles. The number of amides is 1. The molecule has 0 atom stereocenters. The van der Waals surface area contributed by atoms with Crippen molar-refractivity contribution >= 4 is 46.8 Å². The Labute approximate surface area is 242 Å². The number of anilines is 3. The fourth-order valence-corrected chi connectivity index (χ4v) is 4.74. The summed E-state index contributed by atoms with van der Waals surface area (Å²) in [4.78, 5) is 28.9. The first kappa shape index (κ1) is 29.7. The van der Waals surface area contributed by atoms with Crippen molar-refractivity contribution in [3.05, 3.63) is 74.3 Å². The number of rotatable bonds is 12. The van der Waals surface area contributed by atoms with Gasteiger partial charge in [0.05, 0.1) is 16.9 Å². The predicted octanol–water partition coefficient (Wildman–Crippen LogP) is 5.35. The fraction of sp³-hybridized carbons (Fsp3) is 0.357. The van der Waals surface area contributed by atoms with E-state index in [1.807, 2.05) is 14.1 Å². The molecule has 1 aliphatic rings. The van der Waals surface area contributed by atoms with Crippen LogP contribution in [0.25, 0.3) is 0 Å². The number of likely N-dealkylation sites (N-methyl/N-ethyl adjacent to an activating group) is 1. The number of nitrogens with one attached hydrogen (secondary N) is 4. The van der Waals surface area contributed by atoms with Gasteiger partial charge in [0.1, 0.15) is 28.0 Å².